The largest absolute Gasteiger partial charge is 0.490 e. The lowest BCUT2D eigenvalue weighted by Gasteiger charge is -2.45. The number of benzene rings is 2. The van der Waals surface area contributed by atoms with E-state index in [-0.39, 0.29) is 29.4 Å². The van der Waals surface area contributed by atoms with Crippen LogP contribution >= 0.6 is 11.6 Å². The molecule has 2 aromatic rings. The molecule has 1 saturated carbocycles. The summed E-state index contributed by atoms with van der Waals surface area (Å²) in [4.78, 5) is 18.3. The second kappa shape index (κ2) is 13.9. The zero-order chi connectivity index (χ0) is 33.5. The van der Waals surface area contributed by atoms with Crippen molar-refractivity contribution in [3.8, 4) is 5.75 Å². The molecular formula is C36H47ClN4O6S. The number of anilines is 1. The fourth-order valence-electron chi connectivity index (χ4n) is 8.36. The Bertz CT molecular complexity index is 1650. The monoisotopic (exact) mass is 698 g/mol. The fourth-order valence-corrected chi connectivity index (χ4v) is 9.91. The van der Waals surface area contributed by atoms with Gasteiger partial charge in [0.2, 0.25) is 0 Å². The van der Waals surface area contributed by atoms with Crippen LogP contribution in [0, 0.1) is 11.8 Å². The zero-order valence-corrected chi connectivity index (χ0v) is 29.2. The average molecular weight is 699 g/mol. The van der Waals surface area contributed by atoms with Crippen molar-refractivity contribution in [3.05, 3.63) is 70.3 Å². The predicted octanol–water partition coefficient (Wildman–Crippen LogP) is 4.16. The third-order valence-electron chi connectivity index (χ3n) is 11.2. The molecule has 10 nitrogen and oxygen atoms in total. The third kappa shape index (κ3) is 6.87. The molecule has 12 heteroatoms. The van der Waals surface area contributed by atoms with Crippen molar-refractivity contribution in [1.82, 2.24) is 13.9 Å². The Labute approximate surface area is 289 Å². The molecule has 2 bridgehead atoms. The number of aliphatic hydroxyl groups is 1. The van der Waals surface area contributed by atoms with Crippen molar-refractivity contribution in [2.75, 3.05) is 64.0 Å². The smallest absolute Gasteiger partial charge is 0.304 e. The lowest BCUT2D eigenvalue weighted by molar-refractivity contribution is 0.0354. The van der Waals surface area contributed by atoms with Gasteiger partial charge in [-0.2, -0.15) is 12.7 Å². The number of rotatable bonds is 3. The lowest BCUT2D eigenvalue weighted by Crippen LogP contribution is -2.51. The van der Waals surface area contributed by atoms with Gasteiger partial charge in [-0.1, -0.05) is 29.8 Å². The molecule has 2 aromatic carbocycles. The molecule has 2 N–H and O–H groups in total. The summed E-state index contributed by atoms with van der Waals surface area (Å²) >= 11 is 6.42. The Morgan fingerprint density at radius 3 is 2.73 bits per heavy atom. The molecule has 48 heavy (non-hydrogen) atoms. The molecule has 7 rings (SSSR count). The van der Waals surface area contributed by atoms with Crippen molar-refractivity contribution in [3.63, 3.8) is 0 Å². The maximum atomic E-state index is 13.9. The Hall–Kier alpha value is -2.67. The van der Waals surface area contributed by atoms with Crippen LogP contribution in [0.1, 0.15) is 60.5 Å². The predicted molar refractivity (Wildman–Crippen MR) is 186 cm³/mol. The second-order valence-corrected chi connectivity index (χ2v) is 16.4. The summed E-state index contributed by atoms with van der Waals surface area (Å²) in [6.45, 7) is 7.17. The van der Waals surface area contributed by atoms with Gasteiger partial charge >= 0.3 is 10.2 Å². The summed E-state index contributed by atoms with van der Waals surface area (Å²) in [5, 5.41) is 12.1. The van der Waals surface area contributed by atoms with E-state index in [0.717, 1.165) is 55.9 Å². The number of ether oxygens (including phenoxy) is 2. The third-order valence-corrected chi connectivity index (χ3v) is 13.1. The van der Waals surface area contributed by atoms with Gasteiger partial charge in [-0.25, -0.2) is 4.72 Å². The molecule has 260 valence electrons. The molecular weight excluding hydrogens is 652 g/mol. The molecule has 5 aliphatic rings. The number of carbonyl (C=O) groups is 1. The van der Waals surface area contributed by atoms with E-state index in [1.807, 2.05) is 25.1 Å². The number of nitrogens with one attached hydrogen (secondary N) is 1. The van der Waals surface area contributed by atoms with Gasteiger partial charge < -0.3 is 19.5 Å². The van der Waals surface area contributed by atoms with Crippen molar-refractivity contribution < 1.29 is 27.8 Å². The van der Waals surface area contributed by atoms with Gasteiger partial charge in [0.15, 0.2) is 0 Å². The molecule has 2 fully saturated rings. The van der Waals surface area contributed by atoms with E-state index >= 15 is 0 Å². The van der Waals surface area contributed by atoms with E-state index < -0.39 is 28.3 Å². The fraction of sp³-hybridized carbons (Fsp3) is 0.583. The zero-order valence-electron chi connectivity index (χ0n) is 27.7. The number of nitrogens with zero attached hydrogens (tertiary/aromatic N) is 3. The van der Waals surface area contributed by atoms with Crippen molar-refractivity contribution in [1.29, 1.82) is 0 Å². The molecule has 3 aliphatic heterocycles. The minimum absolute atomic E-state index is 0.0955. The van der Waals surface area contributed by atoms with Gasteiger partial charge in [0.25, 0.3) is 5.91 Å². The van der Waals surface area contributed by atoms with Gasteiger partial charge in [0.1, 0.15) is 5.75 Å². The quantitative estimate of drug-likeness (QED) is 0.460. The normalized spacial score (nSPS) is 31.8. The highest BCUT2D eigenvalue weighted by Crippen LogP contribution is 2.46. The number of aliphatic hydroxyl groups excluding tert-OH is 1. The number of halogens is 1. The van der Waals surface area contributed by atoms with E-state index in [1.165, 1.54) is 15.4 Å². The molecule has 5 atom stereocenters. The average Bonchev–Trinajstić information content (AvgIpc) is 3.19. The lowest BCUT2D eigenvalue weighted by atomic mass is 9.68. The topological polar surface area (TPSA) is 112 Å². The molecule has 1 saturated heterocycles. The molecule has 1 amide bonds. The first-order valence-electron chi connectivity index (χ1n) is 17.4. The van der Waals surface area contributed by atoms with E-state index in [2.05, 4.69) is 26.7 Å². The first-order valence-corrected chi connectivity index (χ1v) is 19.2. The van der Waals surface area contributed by atoms with Crippen LogP contribution in [0.3, 0.4) is 0 Å². The Morgan fingerprint density at radius 1 is 1.10 bits per heavy atom. The minimum atomic E-state index is -4.20. The molecule has 0 aromatic heterocycles. The molecule has 1 spiro atoms. The first-order chi connectivity index (χ1) is 23.1. The highest BCUT2D eigenvalue weighted by atomic mass is 35.5. The van der Waals surface area contributed by atoms with Crippen LogP contribution in [0.15, 0.2) is 48.6 Å². The summed E-state index contributed by atoms with van der Waals surface area (Å²) in [7, 11) is -4.20. The molecule has 2 aliphatic carbocycles. The summed E-state index contributed by atoms with van der Waals surface area (Å²) in [6, 6.07) is 11.0. The van der Waals surface area contributed by atoms with E-state index in [4.69, 9.17) is 21.1 Å². The van der Waals surface area contributed by atoms with Crippen molar-refractivity contribution >= 4 is 33.4 Å². The van der Waals surface area contributed by atoms with Crippen LogP contribution in [0.25, 0.3) is 0 Å². The second-order valence-electron chi connectivity index (χ2n) is 14.3. The van der Waals surface area contributed by atoms with Gasteiger partial charge in [-0.15, -0.1) is 0 Å². The van der Waals surface area contributed by atoms with Crippen LogP contribution in [-0.2, 0) is 26.8 Å². The van der Waals surface area contributed by atoms with Crippen molar-refractivity contribution in [2.24, 2.45) is 11.8 Å². The number of carbonyl (C=O) groups excluding carboxylic acids is 1. The highest BCUT2D eigenvalue weighted by Gasteiger charge is 2.44. The number of aryl methyl sites for hydroxylation is 1. The first kappa shape index (κ1) is 33.8. The number of fused-ring (bicyclic) bond motifs is 4. The SMILES string of the molecule is C[C@H]1C/C=C/[C@H](O)[C@@H]2CC[C@H]2CN2C[C@@]3(CCCc4cc(Cl)ccc43)COc3ccc(cc32)C(=O)NS(=O)(=O)N1CCN1CCOCC1. The summed E-state index contributed by atoms with van der Waals surface area (Å²) in [5.74, 6) is 0.357. The maximum absolute atomic E-state index is 13.9. The Balaban J connectivity index is 1.23. The van der Waals surface area contributed by atoms with Crippen LogP contribution in [0.2, 0.25) is 5.02 Å². The van der Waals surface area contributed by atoms with Gasteiger partial charge in [0, 0.05) is 61.3 Å². The number of morpholine rings is 1. The Kier molecular flexibility index (Phi) is 9.80. The summed E-state index contributed by atoms with van der Waals surface area (Å²) in [5.41, 5.74) is 3.26. The van der Waals surface area contributed by atoms with E-state index in [9.17, 15) is 18.3 Å². The van der Waals surface area contributed by atoms with E-state index in [1.54, 1.807) is 18.2 Å². The number of amides is 1. The Morgan fingerprint density at radius 2 is 1.94 bits per heavy atom. The minimum Gasteiger partial charge on any atom is -0.490 e. The molecule has 3 heterocycles. The van der Waals surface area contributed by atoms with Crippen LogP contribution in [-0.4, -0.2) is 99.9 Å². The van der Waals surface area contributed by atoms with Gasteiger partial charge in [-0.3, -0.25) is 9.69 Å². The van der Waals surface area contributed by atoms with Crippen LogP contribution in [0.5, 0.6) is 5.75 Å². The summed E-state index contributed by atoms with van der Waals surface area (Å²) < 4.78 is 43.6. The van der Waals surface area contributed by atoms with E-state index in [0.29, 0.717) is 51.6 Å². The number of hydrogen-bond acceptors (Lipinski definition) is 8. The van der Waals surface area contributed by atoms with Crippen molar-refractivity contribution in [2.45, 2.75) is 63.0 Å². The van der Waals surface area contributed by atoms with Gasteiger partial charge in [0.05, 0.1) is 31.6 Å². The highest BCUT2D eigenvalue weighted by molar-refractivity contribution is 7.87. The van der Waals surface area contributed by atoms with Crippen LogP contribution < -0.4 is 14.4 Å². The maximum Gasteiger partial charge on any atom is 0.304 e. The molecule has 0 radical (unpaired) electrons. The number of hydrogen-bond donors (Lipinski definition) is 2. The van der Waals surface area contributed by atoms with Crippen LogP contribution in [0.4, 0.5) is 5.69 Å². The van der Waals surface area contributed by atoms with Gasteiger partial charge in [-0.05, 0) is 98.7 Å². The standard InChI is InChI=1S/C36H47ClN4O6S/c1-25-4-2-6-33(42)30-10-7-28(30)22-40-23-36(13-3-5-26-20-29(37)9-11-31(26)36)24-47-34-12-8-27(21-32(34)40)35(43)38-48(44,45)41(25)15-14-39-16-18-46-19-17-39/h2,6,8-9,11-12,20-21,25,28,30,33,42H,3-5,7,10,13-19,22-24H2,1H3,(H,38,43)/b6-2+/t25-,28-,30+,33-,36-/m0/s1. The summed E-state index contributed by atoms with van der Waals surface area (Å²) in [6.07, 6.45) is 8.40. The molecule has 0 unspecified atom stereocenters.